The van der Waals surface area contributed by atoms with Gasteiger partial charge in [-0.25, -0.2) is 0 Å². The largest absolute Gasteiger partial charge is 0.347 e. The second kappa shape index (κ2) is 9.92. The summed E-state index contributed by atoms with van der Waals surface area (Å²) >= 11 is 12.5. The van der Waals surface area contributed by atoms with Crippen molar-refractivity contribution in [2.75, 3.05) is 44.6 Å². The van der Waals surface area contributed by atoms with Gasteiger partial charge in [-0.1, -0.05) is 29.3 Å². The molecular weight excluding hydrogens is 399 g/mol. The van der Waals surface area contributed by atoms with E-state index in [1.165, 1.54) is 9.80 Å². The van der Waals surface area contributed by atoms with Crippen molar-refractivity contribution in [1.29, 1.82) is 0 Å². The lowest BCUT2D eigenvalue weighted by atomic mass is 10.1. The predicted octanol–water partition coefficient (Wildman–Crippen LogP) is 0.329. The van der Waals surface area contributed by atoms with Crippen LogP contribution in [0, 0.1) is 6.92 Å². The van der Waals surface area contributed by atoms with Gasteiger partial charge in [-0.3, -0.25) is 9.59 Å². The lowest BCUT2D eigenvalue weighted by Gasteiger charge is -2.22. The molecular formula is C20H32Cl2N4O2+2. The maximum Gasteiger partial charge on any atom is 0.279 e. The van der Waals surface area contributed by atoms with Gasteiger partial charge in [0.2, 0.25) is 0 Å². The van der Waals surface area contributed by atoms with Gasteiger partial charge in [0.05, 0.1) is 28.8 Å². The molecule has 28 heavy (non-hydrogen) atoms. The lowest BCUT2D eigenvalue weighted by Crippen LogP contribution is -3.18. The minimum Gasteiger partial charge on any atom is -0.347 e. The van der Waals surface area contributed by atoms with Gasteiger partial charge < -0.3 is 20.4 Å². The third-order valence-electron chi connectivity index (χ3n) is 4.78. The fourth-order valence-corrected chi connectivity index (χ4v) is 3.88. The number of rotatable bonds is 5. The average molecular weight is 431 g/mol. The second-order valence-corrected chi connectivity index (χ2v) is 9.39. The SMILES string of the molecule is Cc1ccc(Cl)c(NC(=O)C[NH+]2CCC[NH+](CC(=O)NC(C)(C)C)CC2)c1Cl. The van der Waals surface area contributed by atoms with Crippen molar-refractivity contribution in [3.8, 4) is 0 Å². The Hall–Kier alpha value is -1.34. The number of amides is 2. The molecule has 2 atom stereocenters. The van der Waals surface area contributed by atoms with Crippen molar-refractivity contribution in [2.45, 2.75) is 39.7 Å². The predicted molar refractivity (Wildman–Crippen MR) is 113 cm³/mol. The average Bonchev–Trinajstić information content (AvgIpc) is 2.78. The third kappa shape index (κ3) is 7.24. The van der Waals surface area contributed by atoms with Crippen LogP contribution in [0.2, 0.25) is 10.0 Å². The number of anilines is 1. The van der Waals surface area contributed by atoms with Crippen LogP contribution in [-0.4, -0.2) is 56.6 Å². The van der Waals surface area contributed by atoms with Crippen LogP contribution in [0.4, 0.5) is 5.69 Å². The molecule has 4 N–H and O–H groups in total. The zero-order chi connectivity index (χ0) is 20.9. The summed E-state index contributed by atoms with van der Waals surface area (Å²) in [6.45, 7) is 12.2. The summed E-state index contributed by atoms with van der Waals surface area (Å²) < 4.78 is 0. The molecule has 6 nitrogen and oxygen atoms in total. The normalized spacial score (nSPS) is 20.4. The van der Waals surface area contributed by atoms with Gasteiger partial charge in [0.1, 0.15) is 13.1 Å². The molecule has 0 aromatic heterocycles. The molecule has 1 aliphatic rings. The maximum absolute atomic E-state index is 12.5. The Labute approximate surface area is 177 Å². The van der Waals surface area contributed by atoms with E-state index in [4.69, 9.17) is 23.2 Å². The molecule has 0 bridgehead atoms. The Bertz CT molecular complexity index is 719. The van der Waals surface area contributed by atoms with Gasteiger partial charge in [-0.05, 0) is 39.3 Å². The number of quaternary nitrogens is 2. The highest BCUT2D eigenvalue weighted by Crippen LogP contribution is 2.32. The van der Waals surface area contributed by atoms with E-state index in [0.717, 1.165) is 38.2 Å². The molecule has 0 saturated carbocycles. The summed E-state index contributed by atoms with van der Waals surface area (Å²) in [5, 5.41) is 6.80. The van der Waals surface area contributed by atoms with Crippen LogP contribution in [0.5, 0.6) is 0 Å². The lowest BCUT2D eigenvalue weighted by molar-refractivity contribution is -0.930. The summed E-state index contributed by atoms with van der Waals surface area (Å²) in [5.74, 6) is -0.0225. The highest BCUT2D eigenvalue weighted by molar-refractivity contribution is 6.40. The Morgan fingerprint density at radius 3 is 2.14 bits per heavy atom. The fourth-order valence-electron chi connectivity index (χ4n) is 3.42. The van der Waals surface area contributed by atoms with Crippen LogP contribution in [0.1, 0.15) is 32.8 Å². The monoisotopic (exact) mass is 430 g/mol. The molecule has 1 aromatic rings. The standard InChI is InChI=1S/C20H30Cl2N4O2/c1-14-6-7-15(21)19(18(14)22)23-16(27)12-25-8-5-9-26(11-10-25)13-17(28)24-20(2,3)4/h6-7H,5,8-13H2,1-4H3,(H,23,27)(H,24,28)/p+2. The zero-order valence-corrected chi connectivity index (χ0v) is 18.7. The van der Waals surface area contributed by atoms with E-state index < -0.39 is 0 Å². The van der Waals surface area contributed by atoms with E-state index in [0.29, 0.717) is 28.8 Å². The first-order valence-electron chi connectivity index (χ1n) is 9.78. The van der Waals surface area contributed by atoms with Crippen LogP contribution in [0.15, 0.2) is 12.1 Å². The minimum atomic E-state index is -0.212. The molecule has 1 heterocycles. The van der Waals surface area contributed by atoms with E-state index in [-0.39, 0.29) is 17.4 Å². The van der Waals surface area contributed by atoms with Gasteiger partial charge in [0.25, 0.3) is 11.8 Å². The van der Waals surface area contributed by atoms with Crippen LogP contribution in [-0.2, 0) is 9.59 Å². The van der Waals surface area contributed by atoms with Crippen molar-refractivity contribution in [3.63, 3.8) is 0 Å². The summed E-state index contributed by atoms with van der Waals surface area (Å²) in [6.07, 6.45) is 0.979. The fraction of sp³-hybridized carbons (Fsp3) is 0.600. The van der Waals surface area contributed by atoms with Gasteiger partial charge in [0.15, 0.2) is 13.1 Å². The van der Waals surface area contributed by atoms with Crippen molar-refractivity contribution in [3.05, 3.63) is 27.7 Å². The first kappa shape index (κ1) is 22.9. The molecule has 0 radical (unpaired) electrons. The van der Waals surface area contributed by atoms with Crippen molar-refractivity contribution in [2.24, 2.45) is 0 Å². The number of halogens is 2. The molecule has 2 rings (SSSR count). The first-order chi connectivity index (χ1) is 13.0. The Morgan fingerprint density at radius 1 is 1.00 bits per heavy atom. The smallest absolute Gasteiger partial charge is 0.279 e. The number of carbonyl (C=O) groups excluding carboxylic acids is 2. The maximum atomic E-state index is 12.5. The minimum absolute atomic E-state index is 0.0763. The summed E-state index contributed by atoms with van der Waals surface area (Å²) in [7, 11) is 0. The van der Waals surface area contributed by atoms with Crippen LogP contribution >= 0.6 is 23.2 Å². The molecule has 156 valence electrons. The first-order valence-corrected chi connectivity index (χ1v) is 10.5. The third-order valence-corrected chi connectivity index (χ3v) is 5.58. The zero-order valence-electron chi connectivity index (χ0n) is 17.2. The number of hydrogen-bond donors (Lipinski definition) is 4. The Balaban J connectivity index is 1.85. The molecule has 1 saturated heterocycles. The second-order valence-electron chi connectivity index (χ2n) is 8.61. The van der Waals surface area contributed by atoms with Crippen LogP contribution < -0.4 is 20.4 Å². The topological polar surface area (TPSA) is 67.1 Å². The van der Waals surface area contributed by atoms with Crippen molar-refractivity contribution >= 4 is 40.7 Å². The quantitative estimate of drug-likeness (QED) is 0.543. The number of hydrogen-bond acceptors (Lipinski definition) is 2. The molecule has 0 aliphatic carbocycles. The van der Waals surface area contributed by atoms with Crippen LogP contribution in [0.3, 0.4) is 0 Å². The molecule has 0 spiro atoms. The van der Waals surface area contributed by atoms with E-state index in [2.05, 4.69) is 10.6 Å². The number of aryl methyl sites for hydroxylation is 1. The van der Waals surface area contributed by atoms with E-state index >= 15 is 0 Å². The van der Waals surface area contributed by atoms with Crippen LogP contribution in [0.25, 0.3) is 0 Å². The van der Waals surface area contributed by atoms with Gasteiger partial charge >= 0.3 is 0 Å². The van der Waals surface area contributed by atoms with Gasteiger partial charge in [-0.15, -0.1) is 0 Å². The number of nitrogens with one attached hydrogen (secondary N) is 4. The van der Waals surface area contributed by atoms with E-state index in [1.807, 2.05) is 33.8 Å². The molecule has 1 fully saturated rings. The molecule has 2 unspecified atom stereocenters. The Morgan fingerprint density at radius 2 is 1.57 bits per heavy atom. The van der Waals surface area contributed by atoms with Gasteiger partial charge in [-0.2, -0.15) is 0 Å². The van der Waals surface area contributed by atoms with E-state index in [1.54, 1.807) is 6.07 Å². The summed E-state index contributed by atoms with van der Waals surface area (Å²) in [5.41, 5.74) is 1.14. The summed E-state index contributed by atoms with van der Waals surface area (Å²) in [6, 6.07) is 3.56. The molecule has 1 aromatic carbocycles. The van der Waals surface area contributed by atoms with Crippen molar-refractivity contribution in [1.82, 2.24) is 5.32 Å². The highest BCUT2D eigenvalue weighted by atomic mass is 35.5. The highest BCUT2D eigenvalue weighted by Gasteiger charge is 2.25. The molecule has 2 amide bonds. The number of benzene rings is 1. The summed E-state index contributed by atoms with van der Waals surface area (Å²) in [4.78, 5) is 27.1. The Kier molecular flexibility index (Phi) is 8.13. The molecule has 1 aliphatic heterocycles. The van der Waals surface area contributed by atoms with Crippen molar-refractivity contribution < 1.29 is 19.4 Å². The number of carbonyl (C=O) groups is 2. The van der Waals surface area contributed by atoms with E-state index in [9.17, 15) is 9.59 Å². The van der Waals surface area contributed by atoms with Gasteiger partial charge in [0, 0.05) is 12.0 Å². The molecule has 8 heteroatoms.